The number of hydrogen-bond donors (Lipinski definition) is 3. The molecule has 0 saturated heterocycles. The highest BCUT2D eigenvalue weighted by atomic mass is 14.9. The van der Waals surface area contributed by atoms with Gasteiger partial charge in [-0.15, -0.1) is 0 Å². The van der Waals surface area contributed by atoms with Crippen molar-refractivity contribution < 1.29 is 0 Å². The Morgan fingerprint density at radius 3 is 2.22 bits per heavy atom. The van der Waals surface area contributed by atoms with Gasteiger partial charge in [-0.3, -0.25) is 0 Å². The molecule has 0 saturated carbocycles. The zero-order chi connectivity index (χ0) is 7.28. The first-order valence-electron chi connectivity index (χ1n) is 3.38. The highest BCUT2D eigenvalue weighted by Gasteiger charge is 2.08. The maximum absolute atomic E-state index is 5.65. The maximum atomic E-state index is 5.65. The van der Waals surface area contributed by atoms with Crippen molar-refractivity contribution >= 4 is 0 Å². The second-order valence-corrected chi connectivity index (χ2v) is 2.29. The van der Waals surface area contributed by atoms with Gasteiger partial charge in [0, 0.05) is 18.6 Å². The van der Waals surface area contributed by atoms with Crippen molar-refractivity contribution in [3.8, 4) is 0 Å². The Morgan fingerprint density at radius 2 is 1.89 bits per heavy atom. The molecule has 5 N–H and O–H groups in total. The van der Waals surface area contributed by atoms with Crippen LogP contribution < -0.4 is 16.8 Å². The monoisotopic (exact) mass is 131 g/mol. The third-order valence-corrected chi connectivity index (χ3v) is 1.46. The highest BCUT2D eigenvalue weighted by molar-refractivity contribution is 4.75. The van der Waals surface area contributed by atoms with E-state index in [0.29, 0.717) is 0 Å². The maximum Gasteiger partial charge on any atom is 0.0319 e. The van der Waals surface area contributed by atoms with Crippen molar-refractivity contribution in [3.63, 3.8) is 0 Å². The number of likely N-dealkylation sites (N-methyl/N-ethyl adjacent to an activating group) is 1. The number of hydrogen-bond acceptors (Lipinski definition) is 3. The molecule has 0 fully saturated rings. The summed E-state index contributed by atoms with van der Waals surface area (Å²) in [4.78, 5) is 0. The van der Waals surface area contributed by atoms with Crippen molar-refractivity contribution in [3.05, 3.63) is 0 Å². The Kier molecular flexibility index (Phi) is 4.67. The summed E-state index contributed by atoms with van der Waals surface area (Å²) >= 11 is 0. The van der Waals surface area contributed by atoms with Crippen molar-refractivity contribution in [2.75, 3.05) is 13.6 Å². The van der Waals surface area contributed by atoms with Crippen LogP contribution >= 0.6 is 0 Å². The van der Waals surface area contributed by atoms with Crippen molar-refractivity contribution in [1.29, 1.82) is 0 Å². The van der Waals surface area contributed by atoms with Gasteiger partial charge in [0.2, 0.25) is 0 Å². The van der Waals surface area contributed by atoms with Crippen LogP contribution in [-0.4, -0.2) is 25.7 Å². The first-order chi connectivity index (χ1) is 4.22. The van der Waals surface area contributed by atoms with Gasteiger partial charge in [-0.1, -0.05) is 6.92 Å². The van der Waals surface area contributed by atoms with Crippen LogP contribution in [0.1, 0.15) is 13.3 Å². The third-order valence-electron chi connectivity index (χ3n) is 1.46. The molecule has 0 aromatic heterocycles. The van der Waals surface area contributed by atoms with Gasteiger partial charge in [0.05, 0.1) is 0 Å². The lowest BCUT2D eigenvalue weighted by molar-refractivity contribution is 0.493. The van der Waals surface area contributed by atoms with Crippen LogP contribution in [0.2, 0.25) is 0 Å². The van der Waals surface area contributed by atoms with E-state index < -0.39 is 0 Å². The van der Waals surface area contributed by atoms with Gasteiger partial charge in [-0.05, 0) is 13.5 Å². The van der Waals surface area contributed by atoms with Crippen LogP contribution in [0.5, 0.6) is 0 Å². The minimum Gasteiger partial charge on any atom is -0.326 e. The van der Waals surface area contributed by atoms with Gasteiger partial charge in [0.1, 0.15) is 0 Å². The molecule has 0 heterocycles. The molecule has 2 atom stereocenters. The van der Waals surface area contributed by atoms with Crippen molar-refractivity contribution in [2.45, 2.75) is 25.4 Å². The molecule has 0 aliphatic rings. The summed E-state index contributed by atoms with van der Waals surface area (Å²) in [6, 6.07) is 0.234. The number of nitrogens with one attached hydrogen (secondary N) is 1. The smallest absolute Gasteiger partial charge is 0.0319 e. The molecule has 0 aliphatic carbocycles. The lowest BCUT2D eigenvalue weighted by Gasteiger charge is -2.16. The zero-order valence-electron chi connectivity index (χ0n) is 6.22. The van der Waals surface area contributed by atoms with Crippen LogP contribution in [0.25, 0.3) is 0 Å². The summed E-state index contributed by atoms with van der Waals surface area (Å²) in [7, 11) is 1.88. The Morgan fingerprint density at radius 1 is 1.33 bits per heavy atom. The number of rotatable bonds is 4. The van der Waals surface area contributed by atoms with Gasteiger partial charge in [-0.25, -0.2) is 0 Å². The van der Waals surface area contributed by atoms with E-state index >= 15 is 0 Å². The SMILES string of the molecule is CCC(N)C(N)CNC. The molecular formula is C6H17N3. The molecule has 0 bridgehead atoms. The molecule has 56 valence electrons. The lowest BCUT2D eigenvalue weighted by Crippen LogP contribution is -2.46. The summed E-state index contributed by atoms with van der Waals surface area (Å²) in [5, 5.41) is 2.98. The Bertz CT molecular complexity index is 65.3. The highest BCUT2D eigenvalue weighted by Crippen LogP contribution is 1.89. The van der Waals surface area contributed by atoms with Crippen LogP contribution in [0, 0.1) is 0 Å². The average Bonchev–Trinajstić information content (AvgIpc) is 1.87. The van der Waals surface area contributed by atoms with Gasteiger partial charge in [0.15, 0.2) is 0 Å². The fourth-order valence-corrected chi connectivity index (χ4v) is 0.690. The average molecular weight is 131 g/mol. The summed E-state index contributed by atoms with van der Waals surface area (Å²) in [5.41, 5.74) is 11.3. The van der Waals surface area contributed by atoms with Crippen molar-refractivity contribution in [1.82, 2.24) is 5.32 Å². The predicted octanol–water partition coefficient (Wildman–Crippen LogP) is -0.730. The van der Waals surface area contributed by atoms with E-state index in [1.807, 2.05) is 14.0 Å². The van der Waals surface area contributed by atoms with E-state index in [2.05, 4.69) is 5.32 Å². The Labute approximate surface area is 56.8 Å². The van der Waals surface area contributed by atoms with Gasteiger partial charge in [-0.2, -0.15) is 0 Å². The van der Waals surface area contributed by atoms with Crippen LogP contribution in [0.4, 0.5) is 0 Å². The Balaban J connectivity index is 3.32. The van der Waals surface area contributed by atoms with E-state index in [0.717, 1.165) is 13.0 Å². The van der Waals surface area contributed by atoms with E-state index in [-0.39, 0.29) is 12.1 Å². The topological polar surface area (TPSA) is 64.1 Å². The molecule has 0 aliphatic heterocycles. The molecule has 3 nitrogen and oxygen atoms in total. The van der Waals surface area contributed by atoms with Crippen LogP contribution in [0.15, 0.2) is 0 Å². The summed E-state index contributed by atoms with van der Waals surface area (Å²) in [6.45, 7) is 2.84. The van der Waals surface area contributed by atoms with Crippen molar-refractivity contribution in [2.24, 2.45) is 11.5 Å². The first-order valence-corrected chi connectivity index (χ1v) is 3.38. The third kappa shape index (κ3) is 3.46. The lowest BCUT2D eigenvalue weighted by atomic mass is 10.1. The van der Waals surface area contributed by atoms with E-state index in [9.17, 15) is 0 Å². The second kappa shape index (κ2) is 4.73. The summed E-state index contributed by atoms with van der Waals surface area (Å²) < 4.78 is 0. The molecule has 0 aromatic carbocycles. The number of nitrogens with two attached hydrogens (primary N) is 2. The first kappa shape index (κ1) is 8.88. The molecular weight excluding hydrogens is 114 g/mol. The predicted molar refractivity (Wildman–Crippen MR) is 40.2 cm³/mol. The molecule has 0 aromatic rings. The van der Waals surface area contributed by atoms with Gasteiger partial charge >= 0.3 is 0 Å². The normalized spacial score (nSPS) is 17.3. The fraction of sp³-hybridized carbons (Fsp3) is 1.00. The van der Waals surface area contributed by atoms with Crippen LogP contribution in [0.3, 0.4) is 0 Å². The second-order valence-electron chi connectivity index (χ2n) is 2.29. The van der Waals surface area contributed by atoms with E-state index in [1.54, 1.807) is 0 Å². The van der Waals surface area contributed by atoms with E-state index in [4.69, 9.17) is 11.5 Å². The molecule has 9 heavy (non-hydrogen) atoms. The summed E-state index contributed by atoms with van der Waals surface area (Å²) in [6.07, 6.45) is 0.947. The van der Waals surface area contributed by atoms with Gasteiger partial charge < -0.3 is 16.8 Å². The zero-order valence-corrected chi connectivity index (χ0v) is 6.22. The molecule has 3 heteroatoms. The van der Waals surface area contributed by atoms with Crippen LogP contribution in [-0.2, 0) is 0 Å². The molecule has 0 rings (SSSR count). The minimum atomic E-state index is 0.0972. The summed E-state index contributed by atoms with van der Waals surface area (Å²) in [5.74, 6) is 0. The largest absolute Gasteiger partial charge is 0.326 e. The molecule has 2 unspecified atom stereocenters. The Hall–Kier alpha value is -0.120. The minimum absolute atomic E-state index is 0.0972. The molecule has 0 radical (unpaired) electrons. The molecule has 0 amide bonds. The van der Waals surface area contributed by atoms with E-state index in [1.165, 1.54) is 0 Å². The fourth-order valence-electron chi connectivity index (χ4n) is 0.690. The molecule has 0 spiro atoms. The van der Waals surface area contributed by atoms with Gasteiger partial charge in [0.25, 0.3) is 0 Å². The quantitative estimate of drug-likeness (QED) is 0.471. The standard InChI is InChI=1S/C6H17N3/c1-3-5(7)6(8)4-9-2/h5-6,9H,3-4,7-8H2,1-2H3.